The first kappa shape index (κ1) is 18.1. The van der Waals surface area contributed by atoms with Gasteiger partial charge >= 0.3 is 11.9 Å². The SMILES string of the molecule is C=CC(=O)Oc1ccc(-c2ccc(OC(=O)C(=C)C)cc2F)c(F)c1. The average Bonchev–Trinajstić information content (AvgIpc) is 2.55. The van der Waals surface area contributed by atoms with Crippen LogP contribution in [0.3, 0.4) is 0 Å². The highest BCUT2D eigenvalue weighted by molar-refractivity contribution is 5.88. The maximum Gasteiger partial charge on any atom is 0.338 e. The van der Waals surface area contributed by atoms with Crippen LogP contribution >= 0.6 is 0 Å². The van der Waals surface area contributed by atoms with Gasteiger partial charge in [-0.2, -0.15) is 0 Å². The van der Waals surface area contributed by atoms with Crippen LogP contribution in [0.25, 0.3) is 11.1 Å². The Kier molecular flexibility index (Phi) is 5.44. The highest BCUT2D eigenvalue weighted by atomic mass is 19.1. The summed E-state index contributed by atoms with van der Waals surface area (Å²) in [5.41, 5.74) is 0.100. The van der Waals surface area contributed by atoms with E-state index in [0.29, 0.717) is 0 Å². The molecule has 2 rings (SSSR count). The lowest BCUT2D eigenvalue weighted by molar-refractivity contribution is -0.130. The zero-order chi connectivity index (χ0) is 18.6. The minimum absolute atomic E-state index is 0.0220. The molecule has 0 saturated heterocycles. The van der Waals surface area contributed by atoms with Crippen molar-refractivity contribution in [2.24, 2.45) is 0 Å². The molecule has 0 heterocycles. The van der Waals surface area contributed by atoms with Crippen molar-refractivity contribution in [2.45, 2.75) is 6.92 Å². The Bertz CT molecular complexity index is 872. The Morgan fingerprint density at radius 2 is 1.44 bits per heavy atom. The number of rotatable bonds is 5. The number of ether oxygens (including phenoxy) is 2. The van der Waals surface area contributed by atoms with Crippen LogP contribution in [0.4, 0.5) is 8.78 Å². The van der Waals surface area contributed by atoms with Gasteiger partial charge < -0.3 is 9.47 Å². The van der Waals surface area contributed by atoms with Crippen LogP contribution in [-0.2, 0) is 9.59 Å². The first-order valence-corrected chi connectivity index (χ1v) is 7.13. The molecule has 128 valence electrons. The van der Waals surface area contributed by atoms with Gasteiger partial charge in [0.2, 0.25) is 0 Å². The van der Waals surface area contributed by atoms with E-state index in [1.54, 1.807) is 0 Å². The summed E-state index contributed by atoms with van der Waals surface area (Å²) in [5, 5.41) is 0. The van der Waals surface area contributed by atoms with Gasteiger partial charge in [-0.1, -0.05) is 13.2 Å². The van der Waals surface area contributed by atoms with Gasteiger partial charge in [0.15, 0.2) is 0 Å². The van der Waals surface area contributed by atoms with Crippen LogP contribution in [0.5, 0.6) is 11.5 Å². The van der Waals surface area contributed by atoms with Gasteiger partial charge in [0.25, 0.3) is 0 Å². The Labute approximate surface area is 143 Å². The van der Waals surface area contributed by atoms with E-state index in [0.717, 1.165) is 18.2 Å². The molecule has 2 aromatic rings. The van der Waals surface area contributed by atoms with E-state index in [1.165, 1.54) is 31.2 Å². The van der Waals surface area contributed by atoms with Crippen molar-refractivity contribution >= 4 is 11.9 Å². The predicted molar refractivity (Wildman–Crippen MR) is 88.1 cm³/mol. The molecular weight excluding hydrogens is 330 g/mol. The molecule has 4 nitrogen and oxygen atoms in total. The van der Waals surface area contributed by atoms with Gasteiger partial charge in [-0.3, -0.25) is 0 Å². The first-order valence-electron chi connectivity index (χ1n) is 7.13. The van der Waals surface area contributed by atoms with Gasteiger partial charge in [-0.25, -0.2) is 18.4 Å². The van der Waals surface area contributed by atoms with Crippen molar-refractivity contribution in [3.63, 3.8) is 0 Å². The van der Waals surface area contributed by atoms with Gasteiger partial charge in [0, 0.05) is 34.9 Å². The molecule has 0 spiro atoms. The summed E-state index contributed by atoms with van der Waals surface area (Å²) in [6.45, 7) is 8.12. The maximum absolute atomic E-state index is 14.3. The summed E-state index contributed by atoms with van der Waals surface area (Å²) in [5.74, 6) is -3.03. The third kappa shape index (κ3) is 4.38. The lowest BCUT2D eigenvalue weighted by Crippen LogP contribution is -2.08. The zero-order valence-corrected chi connectivity index (χ0v) is 13.3. The third-order valence-corrected chi connectivity index (χ3v) is 3.12. The molecule has 0 aliphatic rings. The third-order valence-electron chi connectivity index (χ3n) is 3.12. The summed E-state index contributed by atoms with van der Waals surface area (Å²) in [4.78, 5) is 22.5. The van der Waals surface area contributed by atoms with E-state index in [-0.39, 0.29) is 28.2 Å². The van der Waals surface area contributed by atoms with Gasteiger partial charge in [0.1, 0.15) is 23.1 Å². The molecule has 0 radical (unpaired) electrons. The fourth-order valence-corrected chi connectivity index (χ4v) is 1.91. The molecule has 0 N–H and O–H groups in total. The Morgan fingerprint density at radius 3 is 1.84 bits per heavy atom. The van der Waals surface area contributed by atoms with Crippen molar-refractivity contribution in [3.8, 4) is 22.6 Å². The summed E-state index contributed by atoms with van der Waals surface area (Å²) < 4.78 is 38.2. The van der Waals surface area contributed by atoms with Crippen molar-refractivity contribution in [1.82, 2.24) is 0 Å². The van der Waals surface area contributed by atoms with Crippen LogP contribution in [-0.4, -0.2) is 11.9 Å². The smallest absolute Gasteiger partial charge is 0.338 e. The number of hydrogen-bond donors (Lipinski definition) is 0. The van der Waals surface area contributed by atoms with Crippen LogP contribution in [0.15, 0.2) is 61.2 Å². The molecule has 0 aliphatic carbocycles. The van der Waals surface area contributed by atoms with Crippen molar-refractivity contribution in [3.05, 3.63) is 72.8 Å². The van der Waals surface area contributed by atoms with E-state index in [4.69, 9.17) is 9.47 Å². The fourth-order valence-electron chi connectivity index (χ4n) is 1.91. The highest BCUT2D eigenvalue weighted by Gasteiger charge is 2.14. The summed E-state index contributed by atoms with van der Waals surface area (Å²) in [6.07, 6.45) is 0.941. The molecular formula is C19H14F2O4. The Balaban J connectivity index is 2.29. The van der Waals surface area contributed by atoms with E-state index in [1.807, 2.05) is 0 Å². The minimum atomic E-state index is -0.778. The largest absolute Gasteiger partial charge is 0.423 e. The second-order valence-corrected chi connectivity index (χ2v) is 5.08. The molecule has 2 aromatic carbocycles. The van der Waals surface area contributed by atoms with E-state index in [2.05, 4.69) is 13.2 Å². The highest BCUT2D eigenvalue weighted by Crippen LogP contribution is 2.30. The zero-order valence-electron chi connectivity index (χ0n) is 13.3. The second-order valence-electron chi connectivity index (χ2n) is 5.08. The van der Waals surface area contributed by atoms with Crippen LogP contribution in [0.1, 0.15) is 6.92 Å². The van der Waals surface area contributed by atoms with Crippen LogP contribution in [0.2, 0.25) is 0 Å². The fraction of sp³-hybridized carbons (Fsp3) is 0.0526. The predicted octanol–water partition coefficient (Wildman–Crippen LogP) is 4.20. The molecule has 0 amide bonds. The topological polar surface area (TPSA) is 52.6 Å². The van der Waals surface area contributed by atoms with E-state index < -0.39 is 23.6 Å². The van der Waals surface area contributed by atoms with Gasteiger partial charge in [0.05, 0.1) is 0 Å². The number of carbonyl (C=O) groups excluding carboxylic acids is 2. The summed E-state index contributed by atoms with van der Waals surface area (Å²) in [6, 6.07) is 7.16. The van der Waals surface area contributed by atoms with Crippen molar-refractivity contribution in [2.75, 3.05) is 0 Å². The van der Waals surface area contributed by atoms with Gasteiger partial charge in [-0.15, -0.1) is 0 Å². The Hall–Kier alpha value is -3.28. The number of benzene rings is 2. The first-order chi connectivity index (χ1) is 11.8. The van der Waals surface area contributed by atoms with Crippen molar-refractivity contribution < 1.29 is 27.8 Å². The maximum atomic E-state index is 14.3. The summed E-state index contributed by atoms with van der Waals surface area (Å²) in [7, 11) is 0. The Morgan fingerprint density at radius 1 is 0.960 bits per heavy atom. The van der Waals surface area contributed by atoms with Crippen LogP contribution < -0.4 is 9.47 Å². The molecule has 0 atom stereocenters. The second kappa shape index (κ2) is 7.53. The molecule has 25 heavy (non-hydrogen) atoms. The average molecular weight is 344 g/mol. The molecule has 0 aliphatic heterocycles. The van der Waals surface area contributed by atoms with Gasteiger partial charge in [-0.05, 0) is 31.2 Å². The minimum Gasteiger partial charge on any atom is -0.423 e. The molecule has 0 fully saturated rings. The molecule has 0 bridgehead atoms. The number of esters is 2. The molecule has 6 heteroatoms. The summed E-state index contributed by atoms with van der Waals surface area (Å²) >= 11 is 0. The standard InChI is InChI=1S/C19H14F2O4/c1-4-18(22)24-12-5-7-14(16(20)9-12)15-8-6-13(10-17(15)21)25-19(23)11(2)3/h4-10H,1-2H2,3H3. The van der Waals surface area contributed by atoms with E-state index >= 15 is 0 Å². The number of hydrogen-bond acceptors (Lipinski definition) is 4. The van der Waals surface area contributed by atoms with Crippen LogP contribution in [0, 0.1) is 11.6 Å². The quantitative estimate of drug-likeness (QED) is 0.463. The van der Waals surface area contributed by atoms with E-state index in [9.17, 15) is 18.4 Å². The normalized spacial score (nSPS) is 10.0. The lowest BCUT2D eigenvalue weighted by atomic mass is 10.0. The lowest BCUT2D eigenvalue weighted by Gasteiger charge is -2.09. The number of halogens is 2. The monoisotopic (exact) mass is 344 g/mol. The number of carbonyl (C=O) groups is 2. The molecule has 0 unspecified atom stereocenters. The van der Waals surface area contributed by atoms with Crippen molar-refractivity contribution in [1.29, 1.82) is 0 Å². The molecule has 0 saturated carbocycles. The molecule has 0 aromatic heterocycles.